The van der Waals surface area contributed by atoms with Gasteiger partial charge in [0.2, 0.25) is 0 Å². The summed E-state index contributed by atoms with van der Waals surface area (Å²) >= 11 is 0. The normalized spacial score (nSPS) is 10.1. The second kappa shape index (κ2) is 7.40. The summed E-state index contributed by atoms with van der Waals surface area (Å²) in [6, 6.07) is 25.2. The Morgan fingerprint density at radius 2 is 1.52 bits per heavy atom. The average molecular weight is 333 g/mol. The topological polar surface area (TPSA) is 67.6 Å². The van der Waals surface area contributed by atoms with Crippen molar-refractivity contribution < 1.29 is 9.53 Å². The number of carbonyl (C=O) groups excluding carboxylic acids is 1. The van der Waals surface area contributed by atoms with E-state index in [-0.39, 0.29) is 0 Å². The Bertz CT molecular complexity index is 848. The summed E-state index contributed by atoms with van der Waals surface area (Å²) in [7, 11) is 1.34. The van der Waals surface area contributed by atoms with Gasteiger partial charge in [-0.3, -0.25) is 5.32 Å². The van der Waals surface area contributed by atoms with Gasteiger partial charge in [-0.2, -0.15) is 0 Å². The number of methoxy groups -OCH3 is 1. The summed E-state index contributed by atoms with van der Waals surface area (Å²) < 4.78 is 4.66. The molecule has 0 aliphatic heterocycles. The van der Waals surface area contributed by atoms with Crippen molar-refractivity contribution in [3.05, 3.63) is 78.9 Å². The number of anilines is 5. The van der Waals surface area contributed by atoms with Gasteiger partial charge in [-0.05, 0) is 54.6 Å². The highest BCUT2D eigenvalue weighted by molar-refractivity contribution is 5.86. The highest BCUT2D eigenvalue weighted by atomic mass is 16.5. The van der Waals surface area contributed by atoms with Crippen LogP contribution in [-0.4, -0.2) is 13.2 Å². The smallest absolute Gasteiger partial charge is 0.411 e. The minimum atomic E-state index is -0.504. The maximum atomic E-state index is 11.5. The van der Waals surface area contributed by atoms with Gasteiger partial charge in [0, 0.05) is 28.4 Å². The molecular weight excluding hydrogens is 314 g/mol. The maximum absolute atomic E-state index is 11.5. The molecule has 3 aromatic carbocycles. The molecule has 3 N–H and O–H groups in total. The van der Waals surface area contributed by atoms with Crippen molar-refractivity contribution >= 4 is 34.5 Å². The second-order valence-electron chi connectivity index (χ2n) is 5.43. The quantitative estimate of drug-likeness (QED) is 0.665. The molecule has 0 aliphatic carbocycles. The molecule has 25 heavy (non-hydrogen) atoms. The number of amides is 1. The van der Waals surface area contributed by atoms with Crippen LogP contribution in [0.2, 0.25) is 0 Å². The molecule has 0 fully saturated rings. The number of ether oxygens (including phenoxy) is 1. The van der Waals surface area contributed by atoms with Gasteiger partial charge in [-0.15, -0.1) is 0 Å². The molecule has 3 rings (SSSR count). The Hall–Kier alpha value is -3.47. The van der Waals surface area contributed by atoms with E-state index in [1.165, 1.54) is 7.11 Å². The minimum Gasteiger partial charge on any atom is -0.453 e. The summed E-state index contributed by atoms with van der Waals surface area (Å²) in [6.07, 6.45) is -0.504. The number of benzene rings is 3. The molecule has 0 spiro atoms. The molecule has 3 aromatic rings. The van der Waals surface area contributed by atoms with Gasteiger partial charge in [-0.25, -0.2) is 4.79 Å². The number of rotatable bonds is 4. The van der Waals surface area contributed by atoms with Crippen LogP contribution >= 0.6 is 0 Å². The molecule has 0 saturated carbocycles. The summed E-state index contributed by atoms with van der Waals surface area (Å²) in [4.78, 5) is 13.6. The van der Waals surface area contributed by atoms with Crippen LogP contribution in [0.5, 0.6) is 0 Å². The van der Waals surface area contributed by atoms with Crippen LogP contribution in [-0.2, 0) is 4.74 Å². The lowest BCUT2D eigenvalue weighted by atomic mass is 10.1. The van der Waals surface area contributed by atoms with Crippen molar-refractivity contribution in [3.8, 4) is 0 Å². The molecule has 0 aromatic heterocycles. The summed E-state index contributed by atoms with van der Waals surface area (Å²) in [6.45, 7) is 0. The van der Waals surface area contributed by atoms with Crippen LogP contribution in [0.1, 0.15) is 0 Å². The largest absolute Gasteiger partial charge is 0.453 e. The van der Waals surface area contributed by atoms with Gasteiger partial charge < -0.3 is 15.4 Å². The number of hydrogen-bond donors (Lipinski definition) is 2. The van der Waals surface area contributed by atoms with Crippen molar-refractivity contribution in [2.24, 2.45) is 0 Å². The fraction of sp³-hybridized carbons (Fsp3) is 0.0500. The predicted octanol–water partition coefficient (Wildman–Crippen LogP) is 4.92. The number of nitrogens with one attached hydrogen (secondary N) is 1. The van der Waals surface area contributed by atoms with E-state index in [1.807, 2.05) is 78.9 Å². The molecule has 0 unspecified atom stereocenters. The third kappa shape index (κ3) is 3.90. The van der Waals surface area contributed by atoms with E-state index in [9.17, 15) is 4.79 Å². The van der Waals surface area contributed by atoms with E-state index in [1.54, 1.807) is 0 Å². The van der Waals surface area contributed by atoms with E-state index < -0.39 is 6.09 Å². The number of nitrogens with zero attached hydrogens (tertiary/aromatic N) is 1. The zero-order chi connectivity index (χ0) is 17.6. The number of nitrogen functional groups attached to an aromatic ring is 1. The molecule has 5 nitrogen and oxygen atoms in total. The first-order valence-electron chi connectivity index (χ1n) is 7.83. The Kier molecular flexibility index (Phi) is 4.85. The van der Waals surface area contributed by atoms with Crippen molar-refractivity contribution in [1.82, 2.24) is 0 Å². The highest BCUT2D eigenvalue weighted by Gasteiger charge is 2.13. The maximum Gasteiger partial charge on any atom is 0.411 e. The molecule has 0 aliphatic rings. The molecule has 126 valence electrons. The zero-order valence-electron chi connectivity index (χ0n) is 13.8. The Labute approximate surface area is 146 Å². The van der Waals surface area contributed by atoms with Gasteiger partial charge in [0.15, 0.2) is 0 Å². The predicted molar refractivity (Wildman–Crippen MR) is 102 cm³/mol. The molecular formula is C20H19N3O2. The van der Waals surface area contributed by atoms with Crippen LogP contribution in [0.15, 0.2) is 78.9 Å². The molecule has 0 saturated heterocycles. The van der Waals surface area contributed by atoms with E-state index in [0.717, 1.165) is 17.1 Å². The second-order valence-corrected chi connectivity index (χ2v) is 5.43. The minimum absolute atomic E-state index is 0.504. The average Bonchev–Trinajstić information content (AvgIpc) is 2.65. The van der Waals surface area contributed by atoms with Crippen LogP contribution in [0.25, 0.3) is 0 Å². The number of hydrogen-bond acceptors (Lipinski definition) is 4. The monoisotopic (exact) mass is 333 g/mol. The lowest BCUT2D eigenvalue weighted by Gasteiger charge is -2.26. The first-order chi connectivity index (χ1) is 12.2. The Balaban J connectivity index is 2.04. The van der Waals surface area contributed by atoms with Gasteiger partial charge >= 0.3 is 6.09 Å². The fourth-order valence-corrected chi connectivity index (χ4v) is 2.54. The SMILES string of the molecule is COC(=O)Nc1cccc(N(c2ccccc2)c2ccc(N)cc2)c1. The van der Waals surface area contributed by atoms with Crippen LogP contribution in [0, 0.1) is 0 Å². The van der Waals surface area contributed by atoms with Crippen molar-refractivity contribution in [2.75, 3.05) is 23.1 Å². The third-order valence-electron chi connectivity index (χ3n) is 3.70. The standard InChI is InChI=1S/C20H19N3O2/c1-25-20(24)22-16-6-5-9-19(14-16)23(17-7-3-2-4-8-17)18-12-10-15(21)11-13-18/h2-14H,21H2,1H3,(H,22,24). The zero-order valence-corrected chi connectivity index (χ0v) is 13.8. The highest BCUT2D eigenvalue weighted by Crippen LogP contribution is 2.35. The number of nitrogens with two attached hydrogens (primary N) is 1. The molecule has 1 amide bonds. The van der Waals surface area contributed by atoms with E-state index >= 15 is 0 Å². The Morgan fingerprint density at radius 3 is 2.20 bits per heavy atom. The van der Waals surface area contributed by atoms with E-state index in [2.05, 4.69) is 15.0 Å². The Morgan fingerprint density at radius 1 is 0.880 bits per heavy atom. The van der Waals surface area contributed by atoms with Crippen LogP contribution in [0.4, 0.5) is 33.2 Å². The lowest BCUT2D eigenvalue weighted by Crippen LogP contribution is -2.13. The first-order valence-corrected chi connectivity index (χ1v) is 7.83. The van der Waals surface area contributed by atoms with Gasteiger partial charge in [0.05, 0.1) is 7.11 Å². The molecule has 0 heterocycles. The molecule has 0 radical (unpaired) electrons. The molecule has 5 heteroatoms. The summed E-state index contributed by atoms with van der Waals surface area (Å²) in [5.74, 6) is 0. The van der Waals surface area contributed by atoms with Gasteiger partial charge in [-0.1, -0.05) is 24.3 Å². The van der Waals surface area contributed by atoms with E-state index in [4.69, 9.17) is 5.73 Å². The summed E-state index contributed by atoms with van der Waals surface area (Å²) in [5.41, 5.74) is 10.1. The van der Waals surface area contributed by atoms with E-state index in [0.29, 0.717) is 11.4 Å². The lowest BCUT2D eigenvalue weighted by molar-refractivity contribution is 0.187. The van der Waals surface area contributed by atoms with Crippen molar-refractivity contribution in [3.63, 3.8) is 0 Å². The number of carbonyl (C=O) groups is 1. The van der Waals surface area contributed by atoms with Crippen LogP contribution < -0.4 is 16.0 Å². The van der Waals surface area contributed by atoms with Crippen molar-refractivity contribution in [2.45, 2.75) is 0 Å². The third-order valence-corrected chi connectivity index (χ3v) is 3.70. The van der Waals surface area contributed by atoms with Gasteiger partial charge in [0.25, 0.3) is 0 Å². The van der Waals surface area contributed by atoms with Gasteiger partial charge in [0.1, 0.15) is 0 Å². The molecule has 0 bridgehead atoms. The summed E-state index contributed by atoms with van der Waals surface area (Å²) in [5, 5.41) is 2.69. The first kappa shape index (κ1) is 16.4. The fourth-order valence-electron chi connectivity index (χ4n) is 2.54. The van der Waals surface area contributed by atoms with Crippen molar-refractivity contribution in [1.29, 1.82) is 0 Å². The van der Waals surface area contributed by atoms with Crippen LogP contribution in [0.3, 0.4) is 0 Å². The molecule has 0 atom stereocenters. The number of para-hydroxylation sites is 1.